The number of thioether (sulfide) groups is 1. The smallest absolute Gasteiger partial charge is 0.234 e. The Labute approximate surface area is 192 Å². The van der Waals surface area contributed by atoms with Crippen molar-refractivity contribution in [1.29, 1.82) is 0 Å². The molecule has 1 unspecified atom stereocenters. The van der Waals surface area contributed by atoms with Crippen LogP contribution in [0.1, 0.15) is 29.8 Å². The summed E-state index contributed by atoms with van der Waals surface area (Å²) in [7, 11) is 0. The van der Waals surface area contributed by atoms with E-state index >= 15 is 0 Å². The highest BCUT2D eigenvalue weighted by Crippen LogP contribution is 2.27. The number of nitrogens with one attached hydrogen (secondary N) is 1. The predicted molar refractivity (Wildman–Crippen MR) is 125 cm³/mol. The standard InChI is InChI=1S/C24H28N4O3S/c1-17-10-11-21(22(13-17)31-15-20-9-6-12-30-20)25-23(29)16-32-24-27-26-18(2)28(24)14-19-7-4-3-5-8-19/h3-5,7-8,10-11,13,20H,6,9,12,14-16H2,1-2H3,(H,25,29). The van der Waals surface area contributed by atoms with Crippen molar-refractivity contribution in [3.05, 3.63) is 65.5 Å². The summed E-state index contributed by atoms with van der Waals surface area (Å²) in [6.45, 7) is 5.87. The van der Waals surface area contributed by atoms with E-state index in [0.717, 1.165) is 41.6 Å². The molecule has 1 N–H and O–H groups in total. The Morgan fingerprint density at radius 2 is 2.06 bits per heavy atom. The SMILES string of the molecule is Cc1ccc(NC(=O)CSc2nnc(C)n2Cc2ccccc2)c(OCC2CCCO2)c1. The number of carbonyl (C=O) groups is 1. The second-order valence-electron chi connectivity index (χ2n) is 7.88. The first-order valence-electron chi connectivity index (χ1n) is 10.8. The number of hydrogen-bond acceptors (Lipinski definition) is 6. The maximum absolute atomic E-state index is 12.7. The van der Waals surface area contributed by atoms with Crippen LogP contribution in [0.15, 0.2) is 53.7 Å². The van der Waals surface area contributed by atoms with E-state index in [9.17, 15) is 4.79 Å². The Morgan fingerprint density at radius 1 is 1.22 bits per heavy atom. The van der Waals surface area contributed by atoms with E-state index in [1.807, 2.05) is 54.8 Å². The number of nitrogens with zero attached hydrogens (tertiary/aromatic N) is 3. The van der Waals surface area contributed by atoms with Gasteiger partial charge < -0.3 is 19.4 Å². The molecule has 32 heavy (non-hydrogen) atoms. The normalized spacial score (nSPS) is 15.6. The number of aromatic nitrogens is 3. The average Bonchev–Trinajstić information content (AvgIpc) is 3.44. The molecule has 3 aromatic rings. The van der Waals surface area contributed by atoms with Crippen LogP contribution in [0.2, 0.25) is 0 Å². The number of amides is 1. The van der Waals surface area contributed by atoms with Gasteiger partial charge in [0.15, 0.2) is 5.16 Å². The van der Waals surface area contributed by atoms with Crippen molar-refractivity contribution in [2.24, 2.45) is 0 Å². The fourth-order valence-corrected chi connectivity index (χ4v) is 4.33. The summed E-state index contributed by atoms with van der Waals surface area (Å²) >= 11 is 1.37. The maximum Gasteiger partial charge on any atom is 0.234 e. The quantitative estimate of drug-likeness (QED) is 0.490. The van der Waals surface area contributed by atoms with Gasteiger partial charge in [-0.05, 0) is 49.9 Å². The van der Waals surface area contributed by atoms with Crippen molar-refractivity contribution in [2.75, 3.05) is 24.3 Å². The molecule has 1 aliphatic heterocycles. The van der Waals surface area contributed by atoms with Gasteiger partial charge >= 0.3 is 0 Å². The lowest BCUT2D eigenvalue weighted by Crippen LogP contribution is -2.19. The molecule has 0 saturated carbocycles. The highest BCUT2D eigenvalue weighted by molar-refractivity contribution is 7.99. The van der Waals surface area contributed by atoms with Gasteiger partial charge in [-0.15, -0.1) is 10.2 Å². The number of carbonyl (C=O) groups excluding carboxylic acids is 1. The van der Waals surface area contributed by atoms with E-state index in [0.29, 0.717) is 24.6 Å². The Bertz CT molecular complexity index is 1050. The minimum absolute atomic E-state index is 0.118. The topological polar surface area (TPSA) is 78.3 Å². The molecule has 0 radical (unpaired) electrons. The highest BCUT2D eigenvalue weighted by atomic mass is 32.2. The fraction of sp³-hybridized carbons (Fsp3) is 0.375. The molecule has 0 bridgehead atoms. The van der Waals surface area contributed by atoms with Crippen LogP contribution in [0, 0.1) is 13.8 Å². The molecule has 0 aliphatic carbocycles. The number of ether oxygens (including phenoxy) is 2. The number of rotatable bonds is 9. The Balaban J connectivity index is 1.36. The first-order valence-corrected chi connectivity index (χ1v) is 11.8. The van der Waals surface area contributed by atoms with Crippen molar-refractivity contribution >= 4 is 23.4 Å². The summed E-state index contributed by atoms with van der Waals surface area (Å²) in [5.74, 6) is 1.60. The Hall–Kier alpha value is -2.84. The zero-order valence-corrected chi connectivity index (χ0v) is 19.2. The van der Waals surface area contributed by atoms with Gasteiger partial charge in [-0.25, -0.2) is 0 Å². The fourth-order valence-electron chi connectivity index (χ4n) is 3.54. The van der Waals surface area contributed by atoms with Crippen molar-refractivity contribution in [3.8, 4) is 5.75 Å². The van der Waals surface area contributed by atoms with Crippen LogP contribution in [-0.2, 0) is 16.1 Å². The third-order valence-corrected chi connectivity index (χ3v) is 6.24. The van der Waals surface area contributed by atoms with Gasteiger partial charge in [0, 0.05) is 6.61 Å². The molecule has 1 amide bonds. The molecular weight excluding hydrogens is 424 g/mol. The summed E-state index contributed by atoms with van der Waals surface area (Å²) in [4.78, 5) is 12.7. The summed E-state index contributed by atoms with van der Waals surface area (Å²) < 4.78 is 13.6. The second kappa shape index (κ2) is 10.7. The van der Waals surface area contributed by atoms with E-state index in [2.05, 4.69) is 27.6 Å². The van der Waals surface area contributed by atoms with Gasteiger partial charge in [0.1, 0.15) is 18.2 Å². The van der Waals surface area contributed by atoms with Crippen LogP contribution in [0.4, 0.5) is 5.69 Å². The largest absolute Gasteiger partial charge is 0.489 e. The molecule has 7 nitrogen and oxygen atoms in total. The van der Waals surface area contributed by atoms with Crippen molar-refractivity contribution in [1.82, 2.24) is 14.8 Å². The average molecular weight is 453 g/mol. The predicted octanol–water partition coefficient (Wildman–Crippen LogP) is 4.23. The lowest BCUT2D eigenvalue weighted by Gasteiger charge is -2.16. The van der Waals surface area contributed by atoms with Crippen LogP contribution in [0.3, 0.4) is 0 Å². The van der Waals surface area contributed by atoms with Crippen LogP contribution < -0.4 is 10.1 Å². The summed E-state index contributed by atoms with van der Waals surface area (Å²) in [5, 5.41) is 12.1. The van der Waals surface area contributed by atoms with Crippen molar-refractivity contribution in [3.63, 3.8) is 0 Å². The Morgan fingerprint density at radius 3 is 2.84 bits per heavy atom. The first-order chi connectivity index (χ1) is 15.6. The first kappa shape index (κ1) is 22.4. The zero-order valence-electron chi connectivity index (χ0n) is 18.4. The van der Waals surface area contributed by atoms with Gasteiger partial charge in [0.2, 0.25) is 5.91 Å². The van der Waals surface area contributed by atoms with E-state index in [1.165, 1.54) is 11.8 Å². The zero-order chi connectivity index (χ0) is 22.3. The molecule has 1 aliphatic rings. The third-order valence-electron chi connectivity index (χ3n) is 5.28. The molecule has 1 saturated heterocycles. The molecular formula is C24H28N4O3S. The molecule has 168 valence electrons. The second-order valence-corrected chi connectivity index (χ2v) is 8.83. The van der Waals surface area contributed by atoms with Crippen LogP contribution in [-0.4, -0.2) is 45.7 Å². The number of benzene rings is 2. The van der Waals surface area contributed by atoms with Crippen molar-refractivity contribution in [2.45, 2.75) is 44.5 Å². The van der Waals surface area contributed by atoms with Crippen LogP contribution in [0.25, 0.3) is 0 Å². The Kier molecular flexibility index (Phi) is 7.44. The van der Waals surface area contributed by atoms with Gasteiger partial charge in [-0.2, -0.15) is 0 Å². The van der Waals surface area contributed by atoms with Gasteiger partial charge in [-0.3, -0.25) is 4.79 Å². The third kappa shape index (κ3) is 5.89. The molecule has 1 atom stereocenters. The minimum atomic E-state index is -0.118. The minimum Gasteiger partial charge on any atom is -0.489 e. The van der Waals surface area contributed by atoms with E-state index in [1.54, 1.807) is 0 Å². The number of aryl methyl sites for hydroxylation is 2. The van der Waals surface area contributed by atoms with Gasteiger partial charge in [0.25, 0.3) is 0 Å². The molecule has 0 spiro atoms. The van der Waals surface area contributed by atoms with E-state index < -0.39 is 0 Å². The molecule has 2 heterocycles. The molecule has 2 aromatic carbocycles. The molecule has 8 heteroatoms. The summed E-state index contributed by atoms with van der Waals surface area (Å²) in [6.07, 6.45) is 2.19. The maximum atomic E-state index is 12.7. The van der Waals surface area contributed by atoms with Crippen molar-refractivity contribution < 1.29 is 14.3 Å². The van der Waals surface area contributed by atoms with Crippen LogP contribution >= 0.6 is 11.8 Å². The van der Waals surface area contributed by atoms with Gasteiger partial charge in [-0.1, -0.05) is 48.2 Å². The molecule has 4 rings (SSSR count). The van der Waals surface area contributed by atoms with E-state index in [4.69, 9.17) is 9.47 Å². The summed E-state index contributed by atoms with van der Waals surface area (Å²) in [5.41, 5.74) is 2.90. The lowest BCUT2D eigenvalue weighted by atomic mass is 10.2. The molecule has 1 aromatic heterocycles. The van der Waals surface area contributed by atoms with Gasteiger partial charge in [0.05, 0.1) is 24.1 Å². The molecule has 1 fully saturated rings. The van der Waals surface area contributed by atoms with Crippen LogP contribution in [0.5, 0.6) is 5.75 Å². The van der Waals surface area contributed by atoms with E-state index in [-0.39, 0.29) is 17.8 Å². The monoisotopic (exact) mass is 452 g/mol. The number of anilines is 1. The number of hydrogen-bond donors (Lipinski definition) is 1. The summed E-state index contributed by atoms with van der Waals surface area (Å²) in [6, 6.07) is 15.9. The highest BCUT2D eigenvalue weighted by Gasteiger charge is 2.18. The lowest BCUT2D eigenvalue weighted by molar-refractivity contribution is -0.113.